The van der Waals surface area contributed by atoms with E-state index in [1.807, 2.05) is 35.7 Å². The fraction of sp³-hybridized carbons (Fsp3) is 0.278. The van der Waals surface area contributed by atoms with E-state index in [2.05, 4.69) is 20.2 Å². The molecule has 0 bridgehead atoms. The minimum absolute atomic E-state index is 0.0438. The molecule has 8 heteroatoms. The van der Waals surface area contributed by atoms with Crippen LogP contribution < -0.4 is 10.2 Å². The molecule has 6 nitrogen and oxygen atoms in total. The van der Waals surface area contributed by atoms with Crippen LogP contribution in [0.25, 0.3) is 10.2 Å². The minimum atomic E-state index is -0.0438. The molecule has 4 rings (SSSR count). The average molecular weight is 387 g/mol. The molecule has 0 atom stereocenters. The van der Waals surface area contributed by atoms with Gasteiger partial charge in [0.15, 0.2) is 0 Å². The lowest BCUT2D eigenvalue weighted by molar-refractivity contribution is -0.113. The minimum Gasteiger partial charge on any atom is -0.378 e. The van der Waals surface area contributed by atoms with Gasteiger partial charge in [0.05, 0.1) is 30.3 Å². The number of carbonyl (C=O) groups excluding carboxylic acids is 1. The number of thioether (sulfide) groups is 1. The van der Waals surface area contributed by atoms with Gasteiger partial charge in [-0.15, -0.1) is 11.3 Å². The summed E-state index contributed by atoms with van der Waals surface area (Å²) in [5.74, 6) is 0.261. The second kappa shape index (κ2) is 8.03. The maximum atomic E-state index is 12.5. The Labute approximate surface area is 159 Å². The summed E-state index contributed by atoms with van der Waals surface area (Å²) in [6, 6.07) is 9.89. The Morgan fingerprint density at radius 2 is 2.08 bits per heavy atom. The van der Waals surface area contributed by atoms with Crippen molar-refractivity contribution in [2.24, 2.45) is 0 Å². The molecule has 26 heavy (non-hydrogen) atoms. The van der Waals surface area contributed by atoms with Gasteiger partial charge in [0.25, 0.3) is 0 Å². The van der Waals surface area contributed by atoms with E-state index in [9.17, 15) is 4.79 Å². The highest BCUT2D eigenvalue weighted by Crippen LogP contribution is 2.29. The molecule has 1 amide bonds. The largest absolute Gasteiger partial charge is 0.378 e. The third kappa shape index (κ3) is 3.82. The Hall–Kier alpha value is -2.16. The molecule has 1 aromatic carbocycles. The van der Waals surface area contributed by atoms with Gasteiger partial charge in [-0.3, -0.25) is 4.79 Å². The molecule has 0 unspecified atom stereocenters. The van der Waals surface area contributed by atoms with Crippen LogP contribution in [0, 0.1) is 0 Å². The number of amides is 1. The fourth-order valence-corrected chi connectivity index (χ4v) is 4.44. The van der Waals surface area contributed by atoms with Crippen LogP contribution in [0.5, 0.6) is 0 Å². The number of nitrogens with zero attached hydrogens (tertiary/aromatic N) is 3. The normalized spacial score (nSPS) is 14.5. The molecular weight excluding hydrogens is 368 g/mol. The summed E-state index contributed by atoms with van der Waals surface area (Å²) in [7, 11) is 0. The Bertz CT molecular complexity index is 909. The second-order valence-corrected chi connectivity index (χ2v) is 7.63. The van der Waals surface area contributed by atoms with Crippen molar-refractivity contribution in [2.45, 2.75) is 5.03 Å². The van der Waals surface area contributed by atoms with E-state index in [1.54, 1.807) is 17.7 Å². The number of thiophene rings is 1. The molecule has 3 heterocycles. The first-order valence-electron chi connectivity index (χ1n) is 8.34. The number of benzene rings is 1. The van der Waals surface area contributed by atoms with Crippen LogP contribution in [0.1, 0.15) is 0 Å². The predicted octanol–water partition coefficient (Wildman–Crippen LogP) is 3.26. The average Bonchev–Trinajstić information content (AvgIpc) is 3.17. The number of rotatable bonds is 5. The SMILES string of the molecule is O=C(CSc1ncnc2sccc12)Nc1ccccc1N1CCOCC1. The van der Waals surface area contributed by atoms with Crippen molar-refractivity contribution in [3.63, 3.8) is 0 Å². The standard InChI is InChI=1S/C18H18N4O2S2/c23-16(11-26-18-13-5-10-25-17(13)19-12-20-18)21-14-3-1-2-4-15(14)22-6-8-24-9-7-22/h1-5,10,12H,6-9,11H2,(H,21,23). The number of nitrogens with one attached hydrogen (secondary N) is 1. The van der Waals surface area contributed by atoms with Crippen molar-refractivity contribution in [2.75, 3.05) is 42.3 Å². The van der Waals surface area contributed by atoms with Crippen molar-refractivity contribution in [3.05, 3.63) is 42.0 Å². The smallest absolute Gasteiger partial charge is 0.234 e. The van der Waals surface area contributed by atoms with Crippen LogP contribution in [-0.2, 0) is 9.53 Å². The first-order valence-corrected chi connectivity index (χ1v) is 10.2. The summed E-state index contributed by atoms with van der Waals surface area (Å²) < 4.78 is 5.41. The number of hydrogen-bond acceptors (Lipinski definition) is 7. The van der Waals surface area contributed by atoms with E-state index in [4.69, 9.17) is 4.74 Å². The van der Waals surface area contributed by atoms with Gasteiger partial charge >= 0.3 is 0 Å². The van der Waals surface area contributed by atoms with Gasteiger partial charge in [0.2, 0.25) is 5.91 Å². The summed E-state index contributed by atoms with van der Waals surface area (Å²) >= 11 is 3.01. The number of anilines is 2. The number of aromatic nitrogens is 2. The summed E-state index contributed by atoms with van der Waals surface area (Å²) in [5, 5.41) is 6.87. The molecule has 3 aromatic rings. The number of morpholine rings is 1. The van der Waals surface area contributed by atoms with Crippen LogP contribution in [0.2, 0.25) is 0 Å². The molecule has 1 N–H and O–H groups in total. The zero-order valence-corrected chi connectivity index (χ0v) is 15.7. The quantitative estimate of drug-likeness (QED) is 0.536. The van der Waals surface area contributed by atoms with Gasteiger partial charge < -0.3 is 15.0 Å². The molecule has 0 radical (unpaired) electrons. The van der Waals surface area contributed by atoms with Gasteiger partial charge in [0.1, 0.15) is 16.2 Å². The van der Waals surface area contributed by atoms with Crippen molar-refractivity contribution in [1.82, 2.24) is 9.97 Å². The first kappa shape index (κ1) is 17.3. The molecule has 0 saturated carbocycles. The zero-order valence-electron chi connectivity index (χ0n) is 14.1. The summed E-state index contributed by atoms with van der Waals surface area (Å²) in [4.78, 5) is 24.2. The van der Waals surface area contributed by atoms with Crippen molar-refractivity contribution >= 4 is 50.6 Å². The van der Waals surface area contributed by atoms with Crippen LogP contribution >= 0.6 is 23.1 Å². The topological polar surface area (TPSA) is 67.4 Å². The maximum absolute atomic E-state index is 12.5. The Morgan fingerprint density at radius 1 is 1.23 bits per heavy atom. The van der Waals surface area contributed by atoms with Gasteiger partial charge in [-0.1, -0.05) is 23.9 Å². The summed E-state index contributed by atoms with van der Waals surface area (Å²) in [5.41, 5.74) is 1.87. The number of ether oxygens (including phenoxy) is 1. The lowest BCUT2D eigenvalue weighted by atomic mass is 10.2. The monoisotopic (exact) mass is 386 g/mol. The Balaban J connectivity index is 1.43. The van der Waals surface area contributed by atoms with E-state index >= 15 is 0 Å². The highest BCUT2D eigenvalue weighted by Gasteiger charge is 2.16. The predicted molar refractivity (Wildman–Crippen MR) is 106 cm³/mol. The van der Waals surface area contributed by atoms with E-state index in [0.717, 1.165) is 39.7 Å². The molecule has 1 saturated heterocycles. The number of fused-ring (bicyclic) bond motifs is 1. The maximum Gasteiger partial charge on any atom is 0.234 e. The van der Waals surface area contributed by atoms with Crippen molar-refractivity contribution in [3.8, 4) is 0 Å². The second-order valence-electron chi connectivity index (χ2n) is 5.77. The van der Waals surface area contributed by atoms with Crippen molar-refractivity contribution in [1.29, 1.82) is 0 Å². The molecular formula is C18H18N4O2S2. The van der Waals surface area contributed by atoms with E-state index in [-0.39, 0.29) is 5.91 Å². The Morgan fingerprint density at radius 3 is 2.96 bits per heavy atom. The molecule has 134 valence electrons. The highest BCUT2D eigenvalue weighted by atomic mass is 32.2. The van der Waals surface area contributed by atoms with Gasteiger partial charge in [0, 0.05) is 18.5 Å². The van der Waals surface area contributed by atoms with Crippen LogP contribution in [0.3, 0.4) is 0 Å². The van der Waals surface area contributed by atoms with E-state index in [1.165, 1.54) is 11.8 Å². The lowest BCUT2D eigenvalue weighted by Gasteiger charge is -2.30. The van der Waals surface area contributed by atoms with Crippen molar-refractivity contribution < 1.29 is 9.53 Å². The molecule has 1 aliphatic heterocycles. The van der Waals surface area contributed by atoms with Gasteiger partial charge in [-0.2, -0.15) is 0 Å². The van der Waals surface area contributed by atoms with Gasteiger partial charge in [-0.25, -0.2) is 9.97 Å². The number of hydrogen-bond donors (Lipinski definition) is 1. The molecule has 2 aromatic heterocycles. The number of para-hydroxylation sites is 2. The highest BCUT2D eigenvalue weighted by molar-refractivity contribution is 8.00. The fourth-order valence-electron chi connectivity index (χ4n) is 2.86. The summed E-state index contributed by atoms with van der Waals surface area (Å²) in [6.45, 7) is 3.09. The van der Waals surface area contributed by atoms with E-state index in [0.29, 0.717) is 19.0 Å². The van der Waals surface area contributed by atoms with Gasteiger partial charge in [-0.05, 0) is 23.6 Å². The lowest BCUT2D eigenvalue weighted by Crippen LogP contribution is -2.36. The molecule has 1 fully saturated rings. The molecule has 0 aliphatic carbocycles. The van der Waals surface area contributed by atoms with Crippen LogP contribution in [0.15, 0.2) is 47.1 Å². The first-order chi connectivity index (χ1) is 12.8. The van der Waals surface area contributed by atoms with Crippen LogP contribution in [0.4, 0.5) is 11.4 Å². The number of carbonyl (C=O) groups is 1. The Kier molecular flexibility index (Phi) is 5.33. The summed E-state index contributed by atoms with van der Waals surface area (Å²) in [6.07, 6.45) is 1.55. The third-order valence-electron chi connectivity index (χ3n) is 4.10. The van der Waals surface area contributed by atoms with Crippen LogP contribution in [-0.4, -0.2) is 47.9 Å². The molecule has 0 spiro atoms. The van der Waals surface area contributed by atoms with E-state index < -0.39 is 0 Å². The third-order valence-corrected chi connectivity index (χ3v) is 5.92. The zero-order chi connectivity index (χ0) is 17.8. The molecule has 1 aliphatic rings.